The minimum atomic E-state index is -0.211. The van der Waals surface area contributed by atoms with Crippen LogP contribution in [0.1, 0.15) is 44.9 Å². The predicted octanol–water partition coefficient (Wildman–Crippen LogP) is 4.65. The lowest BCUT2D eigenvalue weighted by atomic mass is 9.65. The van der Waals surface area contributed by atoms with Crippen LogP contribution in [-0.2, 0) is 5.54 Å². The van der Waals surface area contributed by atoms with Crippen LogP contribution in [0.25, 0.3) is 0 Å². The molecule has 1 aliphatic carbocycles. The second kappa shape index (κ2) is 4.91. The molecule has 0 bridgehead atoms. The molecule has 3 unspecified atom stereocenters. The Labute approximate surface area is 113 Å². The SMILES string of the molecule is CC1CCC(C(C)C)C(N)(c2sccc2Cl)C1. The van der Waals surface area contributed by atoms with Crippen molar-refractivity contribution in [1.82, 2.24) is 0 Å². The van der Waals surface area contributed by atoms with Gasteiger partial charge in [0, 0.05) is 4.88 Å². The molecule has 2 N–H and O–H groups in total. The van der Waals surface area contributed by atoms with Crippen LogP contribution in [0.2, 0.25) is 5.02 Å². The van der Waals surface area contributed by atoms with Crippen LogP contribution < -0.4 is 5.73 Å². The molecule has 17 heavy (non-hydrogen) atoms. The molecule has 1 nitrogen and oxygen atoms in total. The number of halogens is 1. The Balaban J connectivity index is 2.39. The molecule has 3 atom stereocenters. The van der Waals surface area contributed by atoms with Gasteiger partial charge in [0.1, 0.15) is 0 Å². The van der Waals surface area contributed by atoms with Crippen LogP contribution in [0, 0.1) is 17.8 Å². The van der Waals surface area contributed by atoms with Gasteiger partial charge in [0.25, 0.3) is 0 Å². The first kappa shape index (κ1) is 13.4. The zero-order valence-corrected chi connectivity index (χ0v) is 12.4. The monoisotopic (exact) mass is 271 g/mol. The maximum Gasteiger partial charge on any atom is 0.0564 e. The van der Waals surface area contributed by atoms with Crippen molar-refractivity contribution in [3.05, 3.63) is 21.3 Å². The highest BCUT2D eigenvalue weighted by molar-refractivity contribution is 7.10. The molecule has 96 valence electrons. The smallest absolute Gasteiger partial charge is 0.0564 e. The van der Waals surface area contributed by atoms with Gasteiger partial charge in [-0.25, -0.2) is 0 Å². The highest BCUT2D eigenvalue weighted by Crippen LogP contribution is 2.48. The van der Waals surface area contributed by atoms with E-state index in [0.717, 1.165) is 11.4 Å². The van der Waals surface area contributed by atoms with Crippen molar-refractivity contribution in [2.75, 3.05) is 0 Å². The summed E-state index contributed by atoms with van der Waals surface area (Å²) in [6.45, 7) is 6.87. The van der Waals surface area contributed by atoms with Gasteiger partial charge in [0.2, 0.25) is 0 Å². The molecule has 1 aliphatic rings. The van der Waals surface area contributed by atoms with E-state index in [4.69, 9.17) is 17.3 Å². The number of hydrogen-bond donors (Lipinski definition) is 1. The lowest BCUT2D eigenvalue weighted by Crippen LogP contribution is -2.49. The minimum absolute atomic E-state index is 0.211. The molecule has 0 saturated heterocycles. The van der Waals surface area contributed by atoms with Gasteiger partial charge in [-0.15, -0.1) is 11.3 Å². The largest absolute Gasteiger partial charge is 0.320 e. The second-order valence-corrected chi connectivity index (χ2v) is 7.20. The van der Waals surface area contributed by atoms with Crippen LogP contribution in [0.5, 0.6) is 0 Å². The maximum absolute atomic E-state index is 6.79. The Hall–Kier alpha value is -0.0500. The molecule has 3 heteroatoms. The van der Waals surface area contributed by atoms with E-state index in [9.17, 15) is 0 Å². The van der Waals surface area contributed by atoms with Crippen molar-refractivity contribution >= 4 is 22.9 Å². The fourth-order valence-electron chi connectivity index (χ4n) is 3.37. The third-order valence-corrected chi connectivity index (χ3v) is 5.70. The molecule has 0 radical (unpaired) electrons. The lowest BCUT2D eigenvalue weighted by molar-refractivity contribution is 0.111. The quantitative estimate of drug-likeness (QED) is 0.833. The van der Waals surface area contributed by atoms with Crippen molar-refractivity contribution in [3.63, 3.8) is 0 Å². The first-order valence-electron chi connectivity index (χ1n) is 6.47. The predicted molar refractivity (Wildman–Crippen MR) is 76.5 cm³/mol. The van der Waals surface area contributed by atoms with E-state index in [1.807, 2.05) is 6.07 Å². The zero-order valence-electron chi connectivity index (χ0n) is 10.9. The Morgan fingerprint density at radius 1 is 1.47 bits per heavy atom. The molecule has 0 aliphatic heterocycles. The van der Waals surface area contributed by atoms with Crippen LogP contribution >= 0.6 is 22.9 Å². The average molecular weight is 272 g/mol. The van der Waals surface area contributed by atoms with E-state index < -0.39 is 0 Å². The van der Waals surface area contributed by atoms with Crippen molar-refractivity contribution in [3.8, 4) is 0 Å². The standard InChI is InChI=1S/C14H22ClNS/c1-9(2)11-5-4-10(3)8-14(11,16)13-12(15)6-7-17-13/h6-7,9-11H,4-5,8,16H2,1-3H3. The highest BCUT2D eigenvalue weighted by Gasteiger charge is 2.44. The third kappa shape index (κ3) is 2.40. The van der Waals surface area contributed by atoms with Crippen LogP contribution in [-0.4, -0.2) is 0 Å². The summed E-state index contributed by atoms with van der Waals surface area (Å²) < 4.78 is 0. The summed E-state index contributed by atoms with van der Waals surface area (Å²) in [6, 6.07) is 1.98. The van der Waals surface area contributed by atoms with Crippen molar-refractivity contribution < 1.29 is 0 Å². The van der Waals surface area contributed by atoms with Crippen LogP contribution in [0.4, 0.5) is 0 Å². The van der Waals surface area contributed by atoms with E-state index in [0.29, 0.717) is 17.8 Å². The summed E-state index contributed by atoms with van der Waals surface area (Å²) in [5.74, 6) is 1.87. The van der Waals surface area contributed by atoms with Gasteiger partial charge >= 0.3 is 0 Å². The molecule has 1 fully saturated rings. The zero-order chi connectivity index (χ0) is 12.6. The topological polar surface area (TPSA) is 26.0 Å². The van der Waals surface area contributed by atoms with Gasteiger partial charge in [0.15, 0.2) is 0 Å². The summed E-state index contributed by atoms with van der Waals surface area (Å²) in [7, 11) is 0. The number of thiophene rings is 1. The van der Waals surface area contributed by atoms with Crippen LogP contribution in [0.3, 0.4) is 0 Å². The van der Waals surface area contributed by atoms with Crippen molar-refractivity contribution in [2.45, 2.75) is 45.6 Å². The summed E-state index contributed by atoms with van der Waals surface area (Å²) in [5, 5.41) is 2.92. The Bertz CT molecular complexity index is 387. The van der Waals surface area contributed by atoms with E-state index in [1.54, 1.807) is 11.3 Å². The molecule has 1 aromatic heterocycles. The van der Waals surface area contributed by atoms with Crippen LogP contribution in [0.15, 0.2) is 11.4 Å². The van der Waals surface area contributed by atoms with Gasteiger partial charge in [-0.05, 0) is 42.0 Å². The first-order chi connectivity index (χ1) is 7.95. The second-order valence-electron chi connectivity index (χ2n) is 5.88. The van der Waals surface area contributed by atoms with Crippen molar-refractivity contribution in [2.24, 2.45) is 23.5 Å². The minimum Gasteiger partial charge on any atom is -0.320 e. The van der Waals surface area contributed by atoms with Gasteiger partial charge in [-0.2, -0.15) is 0 Å². The highest BCUT2D eigenvalue weighted by atomic mass is 35.5. The molecule has 1 saturated carbocycles. The maximum atomic E-state index is 6.79. The average Bonchev–Trinajstić information content (AvgIpc) is 2.64. The summed E-state index contributed by atoms with van der Waals surface area (Å²) >= 11 is 8.03. The molecule has 2 rings (SSSR count). The normalized spacial score (nSPS) is 34.2. The number of hydrogen-bond acceptors (Lipinski definition) is 2. The molecule has 0 aromatic carbocycles. The number of nitrogens with two attached hydrogens (primary N) is 1. The van der Waals surface area contributed by atoms with Gasteiger partial charge < -0.3 is 5.73 Å². The fraction of sp³-hybridized carbons (Fsp3) is 0.714. The van der Waals surface area contributed by atoms with Gasteiger partial charge in [0.05, 0.1) is 10.6 Å². The van der Waals surface area contributed by atoms with E-state index in [-0.39, 0.29) is 5.54 Å². The molecule has 0 spiro atoms. The van der Waals surface area contributed by atoms with Crippen molar-refractivity contribution in [1.29, 1.82) is 0 Å². The Kier molecular flexibility index (Phi) is 3.86. The Morgan fingerprint density at radius 3 is 2.71 bits per heavy atom. The molecular formula is C14H22ClNS. The molecule has 1 aromatic rings. The first-order valence-corrected chi connectivity index (χ1v) is 7.73. The van der Waals surface area contributed by atoms with Gasteiger partial charge in [-0.1, -0.05) is 38.8 Å². The summed E-state index contributed by atoms with van der Waals surface area (Å²) in [4.78, 5) is 1.20. The molecule has 0 amide bonds. The summed E-state index contributed by atoms with van der Waals surface area (Å²) in [6.07, 6.45) is 3.59. The molecule has 1 heterocycles. The lowest BCUT2D eigenvalue weighted by Gasteiger charge is -2.45. The Morgan fingerprint density at radius 2 is 2.18 bits per heavy atom. The third-order valence-electron chi connectivity index (χ3n) is 4.16. The van der Waals surface area contributed by atoms with Gasteiger partial charge in [-0.3, -0.25) is 0 Å². The summed E-state index contributed by atoms with van der Waals surface area (Å²) in [5.41, 5.74) is 6.58. The fourth-order valence-corrected chi connectivity index (χ4v) is 4.79. The van der Waals surface area contributed by atoms with E-state index in [2.05, 4.69) is 26.2 Å². The van der Waals surface area contributed by atoms with E-state index >= 15 is 0 Å². The van der Waals surface area contributed by atoms with E-state index in [1.165, 1.54) is 17.7 Å². The number of rotatable bonds is 2. The molecular weight excluding hydrogens is 250 g/mol.